The zero-order valence-corrected chi connectivity index (χ0v) is 13.3. The van der Waals surface area contributed by atoms with E-state index in [-0.39, 0.29) is 5.82 Å². The van der Waals surface area contributed by atoms with E-state index in [2.05, 4.69) is 33.6 Å². The molecule has 0 atom stereocenters. The van der Waals surface area contributed by atoms with E-state index in [0.29, 0.717) is 23.0 Å². The number of halogens is 1. The highest BCUT2D eigenvalue weighted by Gasteiger charge is 2.10. The van der Waals surface area contributed by atoms with Crippen molar-refractivity contribution in [1.82, 2.24) is 9.97 Å². The molecule has 0 aliphatic carbocycles. The monoisotopic (exact) mass is 323 g/mol. The van der Waals surface area contributed by atoms with Gasteiger partial charge in [-0.1, -0.05) is 25.1 Å². The molecule has 0 unspecified atom stereocenters. The van der Waals surface area contributed by atoms with Gasteiger partial charge in [0.05, 0.1) is 0 Å². The maximum Gasteiger partial charge on any atom is 0.159 e. The molecule has 0 aliphatic rings. The van der Waals surface area contributed by atoms with Crippen LogP contribution in [-0.2, 0) is 6.42 Å². The van der Waals surface area contributed by atoms with E-state index in [0.717, 1.165) is 12.1 Å². The number of nitrogens with one attached hydrogen (secondary N) is 2. The SMILES string of the molecule is CCc1ccccc1Nc1ncnc(Nc2ccc(F)cc2)c1N. The molecular weight excluding hydrogens is 305 g/mol. The molecule has 0 aliphatic heterocycles. The standard InChI is InChI=1S/C18H18FN5/c1-2-12-5-3-4-6-15(12)24-18-16(20)17(21-11-22-18)23-14-9-7-13(19)8-10-14/h3-11H,2,20H2,1H3,(H2,21,22,23,24). The first-order valence-electron chi connectivity index (χ1n) is 7.65. The van der Waals surface area contributed by atoms with Crippen molar-refractivity contribution in [3.63, 3.8) is 0 Å². The van der Waals surface area contributed by atoms with Crippen LogP contribution in [0.1, 0.15) is 12.5 Å². The van der Waals surface area contributed by atoms with Crippen molar-refractivity contribution in [2.75, 3.05) is 16.4 Å². The molecule has 0 amide bonds. The predicted octanol–water partition coefficient (Wildman–Crippen LogP) is 4.25. The largest absolute Gasteiger partial charge is 0.393 e. The summed E-state index contributed by atoms with van der Waals surface area (Å²) in [5, 5.41) is 6.32. The van der Waals surface area contributed by atoms with Crippen molar-refractivity contribution in [2.24, 2.45) is 0 Å². The Hall–Kier alpha value is -3.15. The van der Waals surface area contributed by atoms with Crippen LogP contribution >= 0.6 is 0 Å². The number of aryl methyl sites for hydroxylation is 1. The number of nitrogen functional groups attached to an aromatic ring is 1. The van der Waals surface area contributed by atoms with E-state index in [1.165, 1.54) is 24.0 Å². The van der Waals surface area contributed by atoms with Gasteiger partial charge in [-0.15, -0.1) is 0 Å². The lowest BCUT2D eigenvalue weighted by Crippen LogP contribution is -2.06. The third-order valence-corrected chi connectivity index (χ3v) is 3.64. The van der Waals surface area contributed by atoms with E-state index in [9.17, 15) is 4.39 Å². The molecule has 0 saturated heterocycles. The van der Waals surface area contributed by atoms with Crippen LogP contribution in [0.5, 0.6) is 0 Å². The molecule has 122 valence electrons. The summed E-state index contributed by atoms with van der Waals surface area (Å²) in [5.41, 5.74) is 9.39. The molecule has 6 heteroatoms. The number of hydrogen-bond acceptors (Lipinski definition) is 5. The number of benzene rings is 2. The molecular formula is C18H18FN5. The normalized spacial score (nSPS) is 10.4. The third-order valence-electron chi connectivity index (χ3n) is 3.64. The Bertz CT molecular complexity index is 833. The van der Waals surface area contributed by atoms with Gasteiger partial charge >= 0.3 is 0 Å². The predicted molar refractivity (Wildman–Crippen MR) is 95.2 cm³/mol. The van der Waals surface area contributed by atoms with Gasteiger partial charge in [0.2, 0.25) is 0 Å². The van der Waals surface area contributed by atoms with Gasteiger partial charge < -0.3 is 16.4 Å². The molecule has 0 fully saturated rings. The first-order chi connectivity index (χ1) is 11.7. The number of rotatable bonds is 5. The molecule has 0 saturated carbocycles. The fraction of sp³-hybridized carbons (Fsp3) is 0.111. The Morgan fingerprint density at radius 2 is 1.62 bits per heavy atom. The molecule has 1 heterocycles. The van der Waals surface area contributed by atoms with Crippen LogP contribution in [0.15, 0.2) is 54.9 Å². The minimum absolute atomic E-state index is 0.297. The summed E-state index contributed by atoms with van der Waals surface area (Å²) >= 11 is 0. The topological polar surface area (TPSA) is 75.9 Å². The fourth-order valence-corrected chi connectivity index (χ4v) is 2.34. The van der Waals surface area contributed by atoms with Crippen LogP contribution in [0.4, 0.5) is 33.1 Å². The summed E-state index contributed by atoms with van der Waals surface area (Å²) in [4.78, 5) is 8.38. The Balaban J connectivity index is 1.86. The molecule has 1 aromatic heterocycles. The van der Waals surface area contributed by atoms with Crippen molar-refractivity contribution < 1.29 is 4.39 Å². The van der Waals surface area contributed by atoms with E-state index in [4.69, 9.17) is 5.73 Å². The minimum atomic E-state index is -0.297. The first kappa shape index (κ1) is 15.7. The summed E-state index contributed by atoms with van der Waals surface area (Å²) in [6.07, 6.45) is 2.33. The molecule has 5 nitrogen and oxygen atoms in total. The van der Waals surface area contributed by atoms with Crippen LogP contribution in [0.25, 0.3) is 0 Å². The summed E-state index contributed by atoms with van der Waals surface area (Å²) < 4.78 is 13.0. The maximum atomic E-state index is 13.0. The smallest absolute Gasteiger partial charge is 0.159 e. The van der Waals surface area contributed by atoms with Crippen LogP contribution in [-0.4, -0.2) is 9.97 Å². The lowest BCUT2D eigenvalue weighted by Gasteiger charge is -2.14. The molecule has 4 N–H and O–H groups in total. The van der Waals surface area contributed by atoms with Gasteiger partial charge in [0.1, 0.15) is 17.8 Å². The number of nitrogens with zero attached hydrogens (tertiary/aromatic N) is 2. The maximum absolute atomic E-state index is 13.0. The Morgan fingerprint density at radius 1 is 0.958 bits per heavy atom. The van der Waals surface area contributed by atoms with Crippen LogP contribution in [0, 0.1) is 5.82 Å². The number of para-hydroxylation sites is 1. The molecule has 2 aromatic carbocycles. The Kier molecular flexibility index (Phi) is 4.56. The molecule has 0 spiro atoms. The molecule has 3 aromatic rings. The van der Waals surface area contributed by atoms with E-state index < -0.39 is 0 Å². The summed E-state index contributed by atoms with van der Waals surface area (Å²) in [5.74, 6) is 0.693. The van der Waals surface area contributed by atoms with Crippen molar-refractivity contribution in [2.45, 2.75) is 13.3 Å². The molecule has 0 radical (unpaired) electrons. The zero-order chi connectivity index (χ0) is 16.9. The second kappa shape index (κ2) is 6.95. The van der Waals surface area contributed by atoms with Crippen molar-refractivity contribution in [3.8, 4) is 0 Å². The van der Waals surface area contributed by atoms with Gasteiger partial charge in [-0.25, -0.2) is 14.4 Å². The van der Waals surface area contributed by atoms with Gasteiger partial charge in [-0.05, 0) is 42.3 Å². The van der Waals surface area contributed by atoms with Gasteiger partial charge in [0.25, 0.3) is 0 Å². The average molecular weight is 323 g/mol. The van der Waals surface area contributed by atoms with Crippen molar-refractivity contribution in [3.05, 3.63) is 66.2 Å². The summed E-state index contributed by atoms with van der Waals surface area (Å²) in [6, 6.07) is 14.0. The molecule has 0 bridgehead atoms. The number of hydrogen-bond donors (Lipinski definition) is 3. The van der Waals surface area contributed by atoms with E-state index in [1.54, 1.807) is 12.1 Å². The quantitative estimate of drug-likeness (QED) is 0.654. The fourth-order valence-electron chi connectivity index (χ4n) is 2.34. The lowest BCUT2D eigenvalue weighted by molar-refractivity contribution is 0.628. The second-order valence-corrected chi connectivity index (χ2v) is 5.25. The Morgan fingerprint density at radius 3 is 2.33 bits per heavy atom. The van der Waals surface area contributed by atoms with E-state index in [1.807, 2.05) is 18.2 Å². The average Bonchev–Trinajstić information content (AvgIpc) is 2.61. The lowest BCUT2D eigenvalue weighted by atomic mass is 10.1. The minimum Gasteiger partial charge on any atom is -0.393 e. The molecule has 24 heavy (non-hydrogen) atoms. The van der Waals surface area contributed by atoms with E-state index >= 15 is 0 Å². The van der Waals surface area contributed by atoms with Gasteiger partial charge in [0, 0.05) is 11.4 Å². The summed E-state index contributed by atoms with van der Waals surface area (Å²) in [6.45, 7) is 2.09. The number of nitrogens with two attached hydrogens (primary N) is 1. The second-order valence-electron chi connectivity index (χ2n) is 5.25. The number of anilines is 5. The third kappa shape index (κ3) is 3.43. The van der Waals surface area contributed by atoms with Crippen LogP contribution in [0.2, 0.25) is 0 Å². The van der Waals surface area contributed by atoms with Crippen LogP contribution < -0.4 is 16.4 Å². The van der Waals surface area contributed by atoms with Gasteiger partial charge in [0.15, 0.2) is 11.6 Å². The highest BCUT2D eigenvalue weighted by atomic mass is 19.1. The summed E-state index contributed by atoms with van der Waals surface area (Å²) in [7, 11) is 0. The highest BCUT2D eigenvalue weighted by molar-refractivity contribution is 5.80. The van der Waals surface area contributed by atoms with Gasteiger partial charge in [-0.2, -0.15) is 0 Å². The zero-order valence-electron chi connectivity index (χ0n) is 13.3. The van der Waals surface area contributed by atoms with Crippen LogP contribution in [0.3, 0.4) is 0 Å². The first-order valence-corrected chi connectivity index (χ1v) is 7.65. The number of aromatic nitrogens is 2. The van der Waals surface area contributed by atoms with Crippen molar-refractivity contribution in [1.29, 1.82) is 0 Å². The van der Waals surface area contributed by atoms with Gasteiger partial charge in [-0.3, -0.25) is 0 Å². The Labute approximate surface area is 139 Å². The molecule has 3 rings (SSSR count). The highest BCUT2D eigenvalue weighted by Crippen LogP contribution is 2.29. The van der Waals surface area contributed by atoms with Crippen molar-refractivity contribution >= 4 is 28.7 Å².